The fraction of sp³-hybridized carbons (Fsp3) is 0.286. The highest BCUT2D eigenvalue weighted by atomic mass is 19.1. The van der Waals surface area contributed by atoms with E-state index in [0.29, 0.717) is 12.1 Å². The molecule has 2 aromatic rings. The Kier molecular flexibility index (Phi) is 3.64. The number of rotatable bonds is 4. The first-order valence-corrected chi connectivity index (χ1v) is 6.02. The second-order valence-corrected chi connectivity index (χ2v) is 4.43. The number of aromatic nitrogens is 2. The van der Waals surface area contributed by atoms with E-state index in [9.17, 15) is 9.18 Å². The number of aliphatic carboxylic acids is 1. The predicted octanol–water partition coefficient (Wildman–Crippen LogP) is 2.65. The van der Waals surface area contributed by atoms with E-state index in [2.05, 4.69) is 5.10 Å². The fourth-order valence-corrected chi connectivity index (χ4v) is 2.13. The Morgan fingerprint density at radius 1 is 1.42 bits per heavy atom. The fourth-order valence-electron chi connectivity index (χ4n) is 2.13. The van der Waals surface area contributed by atoms with E-state index in [-0.39, 0.29) is 12.2 Å². The average Bonchev–Trinajstić information content (AvgIpc) is 2.62. The molecule has 4 nitrogen and oxygen atoms in total. The van der Waals surface area contributed by atoms with Gasteiger partial charge in [-0.15, -0.1) is 0 Å². The predicted molar refractivity (Wildman–Crippen MR) is 69.0 cm³/mol. The van der Waals surface area contributed by atoms with E-state index in [1.165, 1.54) is 12.1 Å². The van der Waals surface area contributed by atoms with Crippen LogP contribution in [0.1, 0.15) is 23.4 Å². The topological polar surface area (TPSA) is 55.1 Å². The van der Waals surface area contributed by atoms with Crippen LogP contribution in [-0.2, 0) is 11.2 Å². The number of carbonyl (C=O) groups is 1. The van der Waals surface area contributed by atoms with Crippen LogP contribution in [0.2, 0.25) is 0 Å². The van der Waals surface area contributed by atoms with Crippen LogP contribution in [-0.4, -0.2) is 20.9 Å². The normalized spacial score (nSPS) is 10.7. The summed E-state index contributed by atoms with van der Waals surface area (Å²) in [5.74, 6) is -1.16. The maximum atomic E-state index is 13.2. The SMILES string of the molecule is Cc1nn(-c2cccc(F)c2)c(C)c1CCC(=O)O. The van der Waals surface area contributed by atoms with Crippen molar-refractivity contribution in [1.82, 2.24) is 9.78 Å². The molecule has 0 fully saturated rings. The van der Waals surface area contributed by atoms with Gasteiger partial charge in [0, 0.05) is 12.1 Å². The zero-order valence-corrected chi connectivity index (χ0v) is 10.9. The van der Waals surface area contributed by atoms with E-state index in [0.717, 1.165) is 17.0 Å². The molecule has 0 atom stereocenters. The van der Waals surface area contributed by atoms with Gasteiger partial charge in [0.1, 0.15) is 5.82 Å². The summed E-state index contributed by atoms with van der Waals surface area (Å²) in [6, 6.07) is 6.17. The minimum atomic E-state index is -0.836. The van der Waals surface area contributed by atoms with Gasteiger partial charge in [-0.25, -0.2) is 9.07 Å². The van der Waals surface area contributed by atoms with Gasteiger partial charge in [0.25, 0.3) is 0 Å². The van der Waals surface area contributed by atoms with Crippen LogP contribution in [0.5, 0.6) is 0 Å². The van der Waals surface area contributed by atoms with E-state index in [1.807, 2.05) is 13.8 Å². The number of hydrogen-bond donors (Lipinski definition) is 1. The van der Waals surface area contributed by atoms with Crippen LogP contribution in [0.25, 0.3) is 5.69 Å². The van der Waals surface area contributed by atoms with Crippen LogP contribution in [0.3, 0.4) is 0 Å². The van der Waals surface area contributed by atoms with E-state index < -0.39 is 5.97 Å². The molecule has 1 heterocycles. The van der Waals surface area contributed by atoms with Gasteiger partial charge in [-0.2, -0.15) is 5.10 Å². The molecule has 0 bridgehead atoms. The van der Waals surface area contributed by atoms with Crippen molar-refractivity contribution < 1.29 is 14.3 Å². The van der Waals surface area contributed by atoms with Gasteiger partial charge in [0.05, 0.1) is 11.4 Å². The second kappa shape index (κ2) is 5.22. The van der Waals surface area contributed by atoms with Gasteiger partial charge in [-0.1, -0.05) is 6.07 Å². The van der Waals surface area contributed by atoms with Crippen LogP contribution < -0.4 is 0 Å². The van der Waals surface area contributed by atoms with Gasteiger partial charge in [-0.05, 0) is 44.0 Å². The van der Waals surface area contributed by atoms with Crippen LogP contribution in [0.4, 0.5) is 4.39 Å². The highest BCUT2D eigenvalue weighted by Gasteiger charge is 2.14. The van der Waals surface area contributed by atoms with E-state index in [1.54, 1.807) is 16.8 Å². The van der Waals surface area contributed by atoms with Gasteiger partial charge >= 0.3 is 5.97 Å². The van der Waals surface area contributed by atoms with Crippen molar-refractivity contribution in [2.75, 3.05) is 0 Å². The highest BCUT2D eigenvalue weighted by molar-refractivity contribution is 5.67. The Balaban J connectivity index is 2.38. The molecule has 19 heavy (non-hydrogen) atoms. The number of nitrogens with zero attached hydrogens (tertiary/aromatic N) is 2. The molecule has 0 saturated carbocycles. The lowest BCUT2D eigenvalue weighted by Crippen LogP contribution is -2.01. The van der Waals surface area contributed by atoms with Crippen molar-refractivity contribution in [3.8, 4) is 5.69 Å². The zero-order chi connectivity index (χ0) is 14.0. The van der Waals surface area contributed by atoms with Crippen molar-refractivity contribution >= 4 is 5.97 Å². The van der Waals surface area contributed by atoms with Gasteiger partial charge in [0.15, 0.2) is 0 Å². The molecule has 1 aromatic carbocycles. The van der Waals surface area contributed by atoms with E-state index in [4.69, 9.17) is 5.11 Å². The first kappa shape index (κ1) is 13.3. The molecule has 1 aromatic heterocycles. The summed E-state index contributed by atoms with van der Waals surface area (Å²) in [7, 11) is 0. The number of hydrogen-bond acceptors (Lipinski definition) is 2. The molecule has 0 amide bonds. The Labute approximate surface area is 110 Å². The lowest BCUT2D eigenvalue weighted by Gasteiger charge is -2.05. The average molecular weight is 262 g/mol. The minimum absolute atomic E-state index is 0.0660. The Morgan fingerprint density at radius 2 is 2.16 bits per heavy atom. The van der Waals surface area contributed by atoms with E-state index >= 15 is 0 Å². The summed E-state index contributed by atoms with van der Waals surface area (Å²) in [5, 5.41) is 13.1. The summed E-state index contributed by atoms with van der Waals surface area (Å²) in [6.07, 6.45) is 0.499. The second-order valence-electron chi connectivity index (χ2n) is 4.43. The number of carboxylic acid groups (broad SMARTS) is 1. The number of benzene rings is 1. The number of halogens is 1. The smallest absolute Gasteiger partial charge is 0.303 e. The molecule has 0 spiro atoms. The molecular formula is C14H15FN2O2. The number of carboxylic acids is 1. The van der Waals surface area contributed by atoms with Crippen molar-refractivity contribution in [1.29, 1.82) is 0 Å². The van der Waals surface area contributed by atoms with Crippen molar-refractivity contribution in [3.63, 3.8) is 0 Å². The lowest BCUT2D eigenvalue weighted by molar-refractivity contribution is -0.136. The first-order valence-electron chi connectivity index (χ1n) is 6.02. The maximum Gasteiger partial charge on any atom is 0.303 e. The molecule has 0 aliphatic rings. The molecule has 0 aliphatic heterocycles. The third kappa shape index (κ3) is 2.81. The molecule has 0 aliphatic carbocycles. The standard InChI is InChI=1S/C14H15FN2O2/c1-9-13(6-7-14(18)19)10(2)17(16-9)12-5-3-4-11(15)8-12/h3-5,8H,6-7H2,1-2H3,(H,18,19). The largest absolute Gasteiger partial charge is 0.481 e. The minimum Gasteiger partial charge on any atom is -0.481 e. The molecular weight excluding hydrogens is 247 g/mol. The van der Waals surface area contributed by atoms with Crippen LogP contribution in [0, 0.1) is 19.7 Å². The Hall–Kier alpha value is -2.17. The van der Waals surface area contributed by atoms with Gasteiger partial charge in [-0.3, -0.25) is 4.79 Å². The summed E-state index contributed by atoms with van der Waals surface area (Å²) >= 11 is 0. The monoisotopic (exact) mass is 262 g/mol. The highest BCUT2D eigenvalue weighted by Crippen LogP contribution is 2.19. The quantitative estimate of drug-likeness (QED) is 0.921. The molecule has 0 saturated heterocycles. The molecule has 5 heteroatoms. The van der Waals surface area contributed by atoms with Crippen molar-refractivity contribution in [2.45, 2.75) is 26.7 Å². The Morgan fingerprint density at radius 3 is 2.79 bits per heavy atom. The third-order valence-corrected chi connectivity index (χ3v) is 3.08. The maximum absolute atomic E-state index is 13.2. The van der Waals surface area contributed by atoms with Crippen molar-refractivity contribution in [2.24, 2.45) is 0 Å². The summed E-state index contributed by atoms with van der Waals surface area (Å²) in [6.45, 7) is 3.70. The first-order chi connectivity index (χ1) is 8.99. The molecule has 0 unspecified atom stereocenters. The summed E-state index contributed by atoms with van der Waals surface area (Å²) in [5.41, 5.74) is 3.18. The van der Waals surface area contributed by atoms with Gasteiger partial charge in [0.2, 0.25) is 0 Å². The van der Waals surface area contributed by atoms with Crippen LogP contribution >= 0.6 is 0 Å². The molecule has 2 rings (SSSR count). The molecule has 1 N–H and O–H groups in total. The zero-order valence-electron chi connectivity index (χ0n) is 10.9. The lowest BCUT2D eigenvalue weighted by atomic mass is 10.1. The summed E-state index contributed by atoms with van der Waals surface area (Å²) < 4.78 is 14.9. The molecule has 100 valence electrons. The third-order valence-electron chi connectivity index (χ3n) is 3.08. The molecule has 0 radical (unpaired) electrons. The van der Waals surface area contributed by atoms with Gasteiger partial charge < -0.3 is 5.11 Å². The van der Waals surface area contributed by atoms with Crippen LogP contribution in [0.15, 0.2) is 24.3 Å². The number of aryl methyl sites for hydroxylation is 1. The Bertz CT molecular complexity index is 620. The summed E-state index contributed by atoms with van der Waals surface area (Å²) in [4.78, 5) is 10.6. The van der Waals surface area contributed by atoms with Crippen molar-refractivity contribution in [3.05, 3.63) is 47.0 Å².